The lowest BCUT2D eigenvalue weighted by Crippen LogP contribution is -2.36. The van der Waals surface area contributed by atoms with Crippen molar-refractivity contribution in [1.82, 2.24) is 20.0 Å². The molecule has 0 saturated carbocycles. The molecule has 1 aromatic rings. The number of hydrogen-bond acceptors (Lipinski definition) is 2. The highest BCUT2D eigenvalue weighted by molar-refractivity contribution is 7.80. The molecule has 1 heterocycles. The van der Waals surface area contributed by atoms with Crippen LogP contribution >= 0.6 is 12.2 Å². The quantitative estimate of drug-likeness (QED) is 0.781. The number of nitrogens with one attached hydrogen (secondary N) is 1. The maximum absolute atomic E-state index is 5.21. The third-order valence-electron chi connectivity index (χ3n) is 2.42. The Morgan fingerprint density at radius 2 is 2.33 bits per heavy atom. The van der Waals surface area contributed by atoms with Crippen molar-refractivity contribution >= 4 is 17.3 Å². The van der Waals surface area contributed by atoms with Crippen LogP contribution in [0.15, 0.2) is 6.20 Å². The van der Waals surface area contributed by atoms with Gasteiger partial charge in [-0.1, -0.05) is 0 Å². The minimum Gasteiger partial charge on any atom is -0.363 e. The Bertz CT molecular complexity index is 345. The summed E-state index contributed by atoms with van der Waals surface area (Å²) in [5, 5.41) is 8.10. The summed E-state index contributed by atoms with van der Waals surface area (Å²) in [6.07, 6.45) is 1.89. The zero-order valence-corrected chi connectivity index (χ0v) is 10.6. The number of hydrogen-bond donors (Lipinski definition) is 1. The van der Waals surface area contributed by atoms with Crippen LogP contribution in [0.4, 0.5) is 0 Å². The number of aromatic nitrogens is 2. The standard InChI is InChI=1S/C10H18N4S/c1-5-11-10(15)13(3)7-9-6-12-14(4)8(9)2/h6H,5,7H2,1-4H3,(H,11,15). The molecule has 1 aromatic heterocycles. The molecule has 0 spiro atoms. The highest BCUT2D eigenvalue weighted by atomic mass is 32.1. The molecule has 0 atom stereocenters. The second-order valence-corrected chi connectivity index (χ2v) is 3.96. The van der Waals surface area contributed by atoms with Crippen LogP contribution in [0, 0.1) is 6.92 Å². The van der Waals surface area contributed by atoms with Gasteiger partial charge in [-0.25, -0.2) is 0 Å². The molecule has 1 N–H and O–H groups in total. The van der Waals surface area contributed by atoms with Gasteiger partial charge in [0.1, 0.15) is 0 Å². The van der Waals surface area contributed by atoms with Crippen LogP contribution in [-0.2, 0) is 13.6 Å². The topological polar surface area (TPSA) is 33.1 Å². The summed E-state index contributed by atoms with van der Waals surface area (Å²) in [4.78, 5) is 2.02. The molecule has 15 heavy (non-hydrogen) atoms. The van der Waals surface area contributed by atoms with Gasteiger partial charge in [0.05, 0.1) is 6.20 Å². The van der Waals surface area contributed by atoms with E-state index < -0.39 is 0 Å². The van der Waals surface area contributed by atoms with Gasteiger partial charge in [-0.2, -0.15) is 5.10 Å². The highest BCUT2D eigenvalue weighted by Gasteiger charge is 2.08. The maximum atomic E-state index is 5.21. The lowest BCUT2D eigenvalue weighted by Gasteiger charge is -2.20. The predicted molar refractivity (Wildman–Crippen MR) is 65.7 cm³/mol. The zero-order valence-electron chi connectivity index (χ0n) is 9.74. The van der Waals surface area contributed by atoms with E-state index in [2.05, 4.69) is 17.3 Å². The van der Waals surface area contributed by atoms with Crippen LogP contribution in [0.3, 0.4) is 0 Å². The van der Waals surface area contributed by atoms with E-state index in [4.69, 9.17) is 12.2 Å². The molecular weight excluding hydrogens is 208 g/mol. The fourth-order valence-electron chi connectivity index (χ4n) is 1.31. The first-order chi connectivity index (χ1) is 7.06. The molecule has 0 unspecified atom stereocenters. The first-order valence-corrected chi connectivity index (χ1v) is 5.43. The minimum absolute atomic E-state index is 0.778. The van der Waals surface area contributed by atoms with Crippen molar-refractivity contribution < 1.29 is 0 Å². The number of aryl methyl sites for hydroxylation is 1. The van der Waals surface area contributed by atoms with Crippen LogP contribution in [0.2, 0.25) is 0 Å². The van der Waals surface area contributed by atoms with Gasteiger partial charge in [-0.3, -0.25) is 4.68 Å². The Balaban J connectivity index is 2.62. The lowest BCUT2D eigenvalue weighted by atomic mass is 10.2. The average molecular weight is 226 g/mol. The molecule has 0 radical (unpaired) electrons. The zero-order chi connectivity index (χ0) is 11.4. The summed E-state index contributed by atoms with van der Waals surface area (Å²) >= 11 is 5.21. The van der Waals surface area contributed by atoms with Crippen molar-refractivity contribution in [1.29, 1.82) is 0 Å². The Morgan fingerprint density at radius 1 is 1.67 bits per heavy atom. The second-order valence-electron chi connectivity index (χ2n) is 3.57. The van der Waals surface area contributed by atoms with E-state index in [9.17, 15) is 0 Å². The molecular formula is C10H18N4S. The van der Waals surface area contributed by atoms with Crippen molar-refractivity contribution in [3.63, 3.8) is 0 Å². The van der Waals surface area contributed by atoms with Crippen molar-refractivity contribution in [3.8, 4) is 0 Å². The molecule has 0 fully saturated rings. The number of thiocarbonyl (C=S) groups is 1. The number of nitrogens with zero attached hydrogens (tertiary/aromatic N) is 3. The van der Waals surface area contributed by atoms with E-state index in [1.807, 2.05) is 36.8 Å². The molecule has 4 nitrogen and oxygen atoms in total. The van der Waals surface area contributed by atoms with Crippen molar-refractivity contribution in [2.45, 2.75) is 20.4 Å². The molecule has 0 saturated heterocycles. The van der Waals surface area contributed by atoms with Crippen LogP contribution < -0.4 is 5.32 Å². The van der Waals surface area contributed by atoms with E-state index in [0.29, 0.717) is 0 Å². The van der Waals surface area contributed by atoms with Crippen molar-refractivity contribution in [2.24, 2.45) is 7.05 Å². The van der Waals surface area contributed by atoms with E-state index in [1.165, 1.54) is 11.3 Å². The van der Waals surface area contributed by atoms with Crippen molar-refractivity contribution in [3.05, 3.63) is 17.5 Å². The van der Waals surface area contributed by atoms with Crippen LogP contribution in [0.25, 0.3) is 0 Å². The van der Waals surface area contributed by atoms with Gasteiger partial charge in [0, 0.05) is 38.4 Å². The SMILES string of the molecule is CCNC(=S)N(C)Cc1cnn(C)c1C. The Hall–Kier alpha value is -1.10. The number of rotatable bonds is 3. The summed E-state index contributed by atoms with van der Waals surface area (Å²) < 4.78 is 1.87. The molecule has 1 rings (SSSR count). The fourth-order valence-corrected chi connectivity index (χ4v) is 1.52. The van der Waals surface area contributed by atoms with E-state index in [0.717, 1.165) is 18.2 Å². The van der Waals surface area contributed by atoms with E-state index in [1.54, 1.807) is 0 Å². The van der Waals surface area contributed by atoms with Crippen LogP contribution in [0.5, 0.6) is 0 Å². The molecule has 5 heteroatoms. The van der Waals surface area contributed by atoms with Crippen LogP contribution in [-0.4, -0.2) is 33.4 Å². The highest BCUT2D eigenvalue weighted by Crippen LogP contribution is 2.08. The smallest absolute Gasteiger partial charge is 0.168 e. The first-order valence-electron chi connectivity index (χ1n) is 5.02. The summed E-state index contributed by atoms with van der Waals surface area (Å²) in [5.41, 5.74) is 2.39. The van der Waals surface area contributed by atoms with E-state index >= 15 is 0 Å². The third kappa shape index (κ3) is 2.92. The Labute approximate surface area is 96.3 Å². The first kappa shape index (κ1) is 12.0. The fraction of sp³-hybridized carbons (Fsp3) is 0.600. The summed E-state index contributed by atoms with van der Waals surface area (Å²) in [7, 11) is 3.93. The molecule has 0 aromatic carbocycles. The Kier molecular flexibility index (Phi) is 4.08. The van der Waals surface area contributed by atoms with Crippen molar-refractivity contribution in [2.75, 3.05) is 13.6 Å². The summed E-state index contributed by atoms with van der Waals surface area (Å²) in [6.45, 7) is 5.75. The van der Waals surface area contributed by atoms with Gasteiger partial charge < -0.3 is 10.2 Å². The second kappa shape index (κ2) is 5.11. The average Bonchev–Trinajstić information content (AvgIpc) is 2.50. The summed E-state index contributed by atoms with van der Waals surface area (Å²) in [6, 6.07) is 0. The molecule has 0 aliphatic rings. The normalized spacial score (nSPS) is 10.1. The van der Waals surface area contributed by atoms with Gasteiger partial charge in [-0.15, -0.1) is 0 Å². The van der Waals surface area contributed by atoms with Crippen LogP contribution in [0.1, 0.15) is 18.2 Å². The maximum Gasteiger partial charge on any atom is 0.168 e. The van der Waals surface area contributed by atoms with Gasteiger partial charge in [0.15, 0.2) is 5.11 Å². The monoisotopic (exact) mass is 226 g/mol. The third-order valence-corrected chi connectivity index (χ3v) is 2.88. The lowest BCUT2D eigenvalue weighted by molar-refractivity contribution is 0.489. The minimum atomic E-state index is 0.778. The molecule has 84 valence electrons. The predicted octanol–water partition coefficient (Wildman–Crippen LogP) is 1.05. The van der Waals surface area contributed by atoms with E-state index in [-0.39, 0.29) is 0 Å². The summed E-state index contributed by atoms with van der Waals surface area (Å²) in [5.74, 6) is 0. The van der Waals surface area contributed by atoms with Gasteiger partial charge in [0.25, 0.3) is 0 Å². The Morgan fingerprint density at radius 3 is 2.80 bits per heavy atom. The van der Waals surface area contributed by atoms with Gasteiger partial charge in [-0.05, 0) is 26.1 Å². The largest absolute Gasteiger partial charge is 0.363 e. The molecule has 0 amide bonds. The molecule has 0 aliphatic heterocycles. The molecule has 0 bridgehead atoms. The molecule has 0 aliphatic carbocycles. The van der Waals surface area contributed by atoms with Gasteiger partial charge >= 0.3 is 0 Å². The van der Waals surface area contributed by atoms with Gasteiger partial charge in [0.2, 0.25) is 0 Å².